The molecule has 0 bridgehead atoms. The summed E-state index contributed by atoms with van der Waals surface area (Å²) in [6, 6.07) is 10.2. The van der Waals surface area contributed by atoms with Crippen LogP contribution in [0.5, 0.6) is 0 Å². The third-order valence-electron chi connectivity index (χ3n) is 6.49. The molecule has 0 unspecified atom stereocenters. The summed E-state index contributed by atoms with van der Waals surface area (Å²) in [5.41, 5.74) is -0.890. The summed E-state index contributed by atoms with van der Waals surface area (Å²) in [4.78, 5) is 30.4. The number of hydrogen-bond donors (Lipinski definition) is 3. The lowest BCUT2D eigenvalue weighted by Gasteiger charge is -2.37. The van der Waals surface area contributed by atoms with Gasteiger partial charge >= 0.3 is 18.2 Å². The molecule has 0 radical (unpaired) electrons. The molecular formula is C25H24F3N3O6. The number of aromatic nitrogens is 1. The molecule has 2 heterocycles. The van der Waals surface area contributed by atoms with Gasteiger partial charge in [0.15, 0.2) is 5.76 Å². The molecule has 2 amide bonds. The zero-order valence-electron chi connectivity index (χ0n) is 19.7. The number of carboxylic acids is 1. The van der Waals surface area contributed by atoms with Crippen molar-refractivity contribution >= 4 is 12.0 Å². The van der Waals surface area contributed by atoms with Crippen molar-refractivity contribution in [1.29, 1.82) is 0 Å². The van der Waals surface area contributed by atoms with Gasteiger partial charge in [0.25, 0.3) is 0 Å². The van der Waals surface area contributed by atoms with Gasteiger partial charge in [0.2, 0.25) is 5.89 Å². The topological polar surface area (TPSA) is 127 Å². The highest BCUT2D eigenvalue weighted by molar-refractivity contribution is 5.83. The van der Waals surface area contributed by atoms with E-state index in [1.807, 2.05) is 0 Å². The SMILES string of the molecule is CN(O)C(=O)N1CCC(C(=O)O)(c2nc(-c3ccc(C(F)(F)F)cc3)c(-c3ccc(CO)cc3)o2)CC1. The second-order valence-corrected chi connectivity index (χ2v) is 8.81. The van der Waals surface area contributed by atoms with Crippen molar-refractivity contribution in [1.82, 2.24) is 14.9 Å². The number of piperidine rings is 1. The molecule has 4 rings (SSSR count). The molecule has 196 valence electrons. The number of amides is 2. The Balaban J connectivity index is 1.79. The van der Waals surface area contributed by atoms with Crippen molar-refractivity contribution in [2.75, 3.05) is 20.1 Å². The molecule has 1 aliphatic heterocycles. The predicted molar refractivity (Wildman–Crippen MR) is 123 cm³/mol. The summed E-state index contributed by atoms with van der Waals surface area (Å²) < 4.78 is 45.3. The molecule has 1 aliphatic rings. The van der Waals surface area contributed by atoms with Crippen molar-refractivity contribution in [3.05, 3.63) is 65.5 Å². The van der Waals surface area contributed by atoms with Gasteiger partial charge in [-0.15, -0.1) is 0 Å². The Morgan fingerprint density at radius 1 is 1.05 bits per heavy atom. The molecule has 0 saturated carbocycles. The van der Waals surface area contributed by atoms with E-state index in [-0.39, 0.29) is 49.9 Å². The highest BCUT2D eigenvalue weighted by Crippen LogP contribution is 2.42. The summed E-state index contributed by atoms with van der Waals surface area (Å²) in [5.74, 6) is -1.20. The van der Waals surface area contributed by atoms with Crippen LogP contribution in [0.1, 0.15) is 29.9 Å². The molecule has 1 fully saturated rings. The van der Waals surface area contributed by atoms with Gasteiger partial charge in [0, 0.05) is 31.3 Å². The number of rotatable bonds is 5. The lowest BCUT2D eigenvalue weighted by Crippen LogP contribution is -2.51. The summed E-state index contributed by atoms with van der Waals surface area (Å²) in [5, 5.41) is 29.4. The molecule has 0 aliphatic carbocycles. The first-order valence-electron chi connectivity index (χ1n) is 11.3. The zero-order chi connectivity index (χ0) is 27.0. The summed E-state index contributed by atoms with van der Waals surface area (Å²) in [6.45, 7) is -0.183. The fraction of sp³-hybridized carbons (Fsp3) is 0.320. The first kappa shape index (κ1) is 26.2. The number of hydrogen-bond acceptors (Lipinski definition) is 6. The highest BCUT2D eigenvalue weighted by Gasteiger charge is 2.49. The van der Waals surface area contributed by atoms with Crippen molar-refractivity contribution in [3.63, 3.8) is 0 Å². The van der Waals surface area contributed by atoms with Crippen LogP contribution in [-0.4, -0.2) is 62.5 Å². The van der Waals surface area contributed by atoms with Gasteiger partial charge in [-0.1, -0.05) is 36.4 Å². The lowest BCUT2D eigenvalue weighted by molar-refractivity contribution is -0.147. The average molecular weight is 519 g/mol. The lowest BCUT2D eigenvalue weighted by atomic mass is 9.78. The average Bonchev–Trinajstić information content (AvgIpc) is 3.33. The van der Waals surface area contributed by atoms with E-state index in [2.05, 4.69) is 4.98 Å². The summed E-state index contributed by atoms with van der Waals surface area (Å²) >= 11 is 0. The van der Waals surface area contributed by atoms with E-state index >= 15 is 0 Å². The number of aliphatic carboxylic acids is 1. The third-order valence-corrected chi connectivity index (χ3v) is 6.49. The Morgan fingerprint density at radius 3 is 2.11 bits per heavy atom. The van der Waals surface area contributed by atoms with E-state index in [0.29, 0.717) is 21.8 Å². The third kappa shape index (κ3) is 5.02. The van der Waals surface area contributed by atoms with Crippen LogP contribution in [0.4, 0.5) is 18.0 Å². The maximum absolute atomic E-state index is 13.1. The smallest absolute Gasteiger partial charge is 0.416 e. The van der Waals surface area contributed by atoms with Crippen LogP contribution in [0.25, 0.3) is 22.6 Å². The number of benzene rings is 2. The van der Waals surface area contributed by atoms with Crippen LogP contribution in [-0.2, 0) is 23.0 Å². The largest absolute Gasteiger partial charge is 0.480 e. The van der Waals surface area contributed by atoms with E-state index in [0.717, 1.165) is 12.1 Å². The Bertz CT molecular complexity index is 1280. The van der Waals surface area contributed by atoms with Crippen LogP contribution in [0.15, 0.2) is 52.9 Å². The minimum absolute atomic E-state index is 0.00849. The molecular weight excluding hydrogens is 495 g/mol. The van der Waals surface area contributed by atoms with E-state index in [1.165, 1.54) is 24.1 Å². The second kappa shape index (κ2) is 9.87. The molecule has 3 N–H and O–H groups in total. The van der Waals surface area contributed by atoms with Gasteiger partial charge < -0.3 is 19.5 Å². The number of likely N-dealkylation sites (tertiary alicyclic amines) is 1. The van der Waals surface area contributed by atoms with Gasteiger partial charge in [-0.2, -0.15) is 13.2 Å². The fourth-order valence-electron chi connectivity index (χ4n) is 4.30. The van der Waals surface area contributed by atoms with Crippen molar-refractivity contribution in [3.8, 4) is 22.6 Å². The first-order valence-corrected chi connectivity index (χ1v) is 11.3. The Hall–Kier alpha value is -3.90. The van der Waals surface area contributed by atoms with Crippen molar-refractivity contribution < 1.29 is 42.6 Å². The standard InChI is InChI=1S/C25H24F3N3O6/c1-30(36)23(35)31-12-10-24(11-13-31,22(33)34)21-29-19(16-6-8-18(9-7-16)25(26,27)28)20(37-21)17-4-2-15(14-32)3-5-17/h2-9,32,36H,10-14H2,1H3,(H,33,34). The summed E-state index contributed by atoms with van der Waals surface area (Å²) in [7, 11) is 1.17. The number of oxazole rings is 1. The minimum Gasteiger partial charge on any atom is -0.480 e. The van der Waals surface area contributed by atoms with Gasteiger partial charge in [-0.3, -0.25) is 10.0 Å². The quantitative estimate of drug-likeness (QED) is 0.337. The van der Waals surface area contributed by atoms with E-state index in [4.69, 9.17) is 4.42 Å². The van der Waals surface area contributed by atoms with Crippen molar-refractivity contribution in [2.45, 2.75) is 31.0 Å². The predicted octanol–water partition coefficient (Wildman–Crippen LogP) is 4.38. The molecule has 1 aromatic heterocycles. The monoisotopic (exact) mass is 519 g/mol. The van der Waals surface area contributed by atoms with E-state index in [1.54, 1.807) is 24.3 Å². The summed E-state index contributed by atoms with van der Waals surface area (Å²) in [6.07, 6.45) is -4.65. The van der Waals surface area contributed by atoms with Crippen LogP contribution in [0, 0.1) is 0 Å². The van der Waals surface area contributed by atoms with Crippen molar-refractivity contribution in [2.24, 2.45) is 0 Å². The molecule has 0 atom stereocenters. The number of aliphatic hydroxyl groups is 1. The molecule has 0 spiro atoms. The molecule has 37 heavy (non-hydrogen) atoms. The number of hydroxylamine groups is 2. The van der Waals surface area contributed by atoms with E-state index in [9.17, 15) is 38.2 Å². The highest BCUT2D eigenvalue weighted by atomic mass is 19.4. The van der Waals surface area contributed by atoms with Gasteiger partial charge in [-0.25, -0.2) is 14.8 Å². The van der Waals surface area contributed by atoms with Gasteiger partial charge in [0.05, 0.1) is 12.2 Å². The number of urea groups is 1. The Labute approximate surface area is 209 Å². The zero-order valence-corrected chi connectivity index (χ0v) is 19.7. The maximum atomic E-state index is 13.1. The molecule has 3 aromatic rings. The fourth-order valence-corrected chi connectivity index (χ4v) is 4.30. The maximum Gasteiger partial charge on any atom is 0.416 e. The number of carbonyl (C=O) groups is 2. The van der Waals surface area contributed by atoms with E-state index < -0.39 is 29.2 Å². The molecule has 12 heteroatoms. The van der Waals surface area contributed by atoms with Crippen LogP contribution < -0.4 is 0 Å². The molecule has 1 saturated heterocycles. The Morgan fingerprint density at radius 2 is 1.62 bits per heavy atom. The molecule has 2 aromatic carbocycles. The Kier molecular flexibility index (Phi) is 6.98. The molecule has 9 nitrogen and oxygen atoms in total. The second-order valence-electron chi connectivity index (χ2n) is 8.81. The van der Waals surface area contributed by atoms with Gasteiger partial charge in [-0.05, 0) is 30.5 Å². The number of carboxylic acid groups (broad SMARTS) is 1. The normalized spacial score (nSPS) is 15.5. The number of alkyl halides is 3. The minimum atomic E-state index is -4.53. The number of halogens is 3. The van der Waals surface area contributed by atoms with Gasteiger partial charge in [0.1, 0.15) is 11.1 Å². The van der Waals surface area contributed by atoms with Crippen LogP contribution >= 0.6 is 0 Å². The first-order chi connectivity index (χ1) is 17.5. The number of aliphatic hydroxyl groups excluding tert-OH is 1. The van der Waals surface area contributed by atoms with Crippen LogP contribution in [0.3, 0.4) is 0 Å². The number of carbonyl (C=O) groups excluding carboxylic acids is 1. The number of nitrogens with zero attached hydrogens (tertiary/aromatic N) is 3. The van der Waals surface area contributed by atoms with Crippen LogP contribution in [0.2, 0.25) is 0 Å².